The number of rotatable bonds is 5. The normalized spacial score (nSPS) is 15.3. The van der Waals surface area contributed by atoms with E-state index < -0.39 is 0 Å². The lowest BCUT2D eigenvalue weighted by atomic mass is 9.85. The molecule has 0 spiro atoms. The first-order valence-electron chi connectivity index (χ1n) is 5.95. The third-order valence-electron chi connectivity index (χ3n) is 2.93. The van der Waals surface area contributed by atoms with Gasteiger partial charge in [-0.15, -0.1) is 0 Å². The van der Waals surface area contributed by atoms with Gasteiger partial charge in [0.1, 0.15) is 0 Å². The maximum Gasteiger partial charge on any atom is 0.0110 e. The Hall–Kier alpha value is -0.820. The Bertz CT molecular complexity index is 266. The second-order valence-corrected chi connectivity index (χ2v) is 4.72. The monoisotopic (exact) mass is 205 g/mol. The van der Waals surface area contributed by atoms with Crippen molar-refractivity contribution in [3.63, 3.8) is 0 Å². The van der Waals surface area contributed by atoms with E-state index in [9.17, 15) is 0 Å². The molecule has 2 N–H and O–H groups in total. The summed E-state index contributed by atoms with van der Waals surface area (Å²) in [5, 5.41) is 0. The molecule has 84 valence electrons. The third-order valence-corrected chi connectivity index (χ3v) is 2.93. The highest BCUT2D eigenvalue weighted by Crippen LogP contribution is 2.25. The van der Waals surface area contributed by atoms with Gasteiger partial charge in [0.15, 0.2) is 0 Å². The quantitative estimate of drug-likeness (QED) is 0.781. The van der Waals surface area contributed by atoms with E-state index in [2.05, 4.69) is 51.1 Å². The lowest BCUT2D eigenvalue weighted by molar-refractivity contribution is 0.425. The summed E-state index contributed by atoms with van der Waals surface area (Å²) in [7, 11) is 0. The Morgan fingerprint density at radius 2 is 1.73 bits per heavy atom. The van der Waals surface area contributed by atoms with Crippen molar-refractivity contribution in [3.05, 3.63) is 35.9 Å². The zero-order valence-corrected chi connectivity index (χ0v) is 10.1. The van der Waals surface area contributed by atoms with E-state index in [1.54, 1.807) is 0 Å². The topological polar surface area (TPSA) is 26.0 Å². The zero-order valence-electron chi connectivity index (χ0n) is 10.1. The first-order valence-corrected chi connectivity index (χ1v) is 5.95. The highest BCUT2D eigenvalue weighted by atomic mass is 14.6. The van der Waals surface area contributed by atoms with Crippen LogP contribution in [0.4, 0.5) is 0 Å². The van der Waals surface area contributed by atoms with E-state index in [1.165, 1.54) is 5.56 Å². The molecule has 1 aromatic rings. The Balaban J connectivity index is 2.71. The predicted octanol–water partition coefficient (Wildman–Crippen LogP) is 3.55. The predicted molar refractivity (Wildman–Crippen MR) is 66.9 cm³/mol. The maximum atomic E-state index is 6.26. The van der Waals surface area contributed by atoms with Crippen LogP contribution in [-0.4, -0.2) is 6.04 Å². The molecule has 0 aromatic heterocycles. The molecule has 0 amide bonds. The summed E-state index contributed by atoms with van der Waals surface area (Å²) in [5.74, 6) is 1.19. The first kappa shape index (κ1) is 12.3. The van der Waals surface area contributed by atoms with Crippen LogP contribution in [0.5, 0.6) is 0 Å². The van der Waals surface area contributed by atoms with Gasteiger partial charge < -0.3 is 5.73 Å². The fourth-order valence-corrected chi connectivity index (χ4v) is 2.19. The van der Waals surface area contributed by atoms with Crippen molar-refractivity contribution in [2.24, 2.45) is 11.7 Å². The molecular formula is C14H23N. The van der Waals surface area contributed by atoms with E-state index in [0.29, 0.717) is 11.8 Å². The maximum absolute atomic E-state index is 6.26. The van der Waals surface area contributed by atoms with Gasteiger partial charge in [-0.05, 0) is 30.2 Å². The van der Waals surface area contributed by atoms with E-state index >= 15 is 0 Å². The largest absolute Gasteiger partial charge is 0.327 e. The first-order chi connectivity index (χ1) is 7.15. The minimum absolute atomic E-state index is 0.289. The molecule has 15 heavy (non-hydrogen) atoms. The number of hydrogen-bond donors (Lipinski definition) is 1. The van der Waals surface area contributed by atoms with Crippen LogP contribution in [-0.2, 0) is 0 Å². The lowest BCUT2D eigenvalue weighted by Gasteiger charge is -2.24. The Kier molecular flexibility index (Phi) is 4.83. The minimum atomic E-state index is 0.289. The second-order valence-electron chi connectivity index (χ2n) is 4.72. The van der Waals surface area contributed by atoms with Crippen LogP contribution < -0.4 is 5.73 Å². The Morgan fingerprint density at radius 3 is 2.20 bits per heavy atom. The molecule has 1 nitrogen and oxygen atoms in total. The molecule has 0 radical (unpaired) electrons. The molecule has 0 fully saturated rings. The second kappa shape index (κ2) is 5.92. The summed E-state index contributed by atoms with van der Waals surface area (Å²) < 4.78 is 0. The van der Waals surface area contributed by atoms with Crippen LogP contribution in [0.15, 0.2) is 30.3 Å². The van der Waals surface area contributed by atoms with Crippen LogP contribution in [0.2, 0.25) is 0 Å². The van der Waals surface area contributed by atoms with E-state index in [0.717, 1.165) is 12.8 Å². The van der Waals surface area contributed by atoms with Crippen molar-refractivity contribution < 1.29 is 0 Å². The van der Waals surface area contributed by atoms with Crippen molar-refractivity contribution >= 4 is 0 Å². The zero-order chi connectivity index (χ0) is 11.3. The average Bonchev–Trinajstić information content (AvgIpc) is 2.19. The number of hydrogen-bond acceptors (Lipinski definition) is 1. The van der Waals surface area contributed by atoms with Crippen LogP contribution in [0.1, 0.15) is 45.1 Å². The van der Waals surface area contributed by atoms with Crippen molar-refractivity contribution in [2.45, 2.75) is 45.6 Å². The summed E-state index contributed by atoms with van der Waals surface area (Å²) >= 11 is 0. The van der Waals surface area contributed by atoms with Gasteiger partial charge in [-0.25, -0.2) is 0 Å². The smallest absolute Gasteiger partial charge is 0.0110 e. The van der Waals surface area contributed by atoms with Gasteiger partial charge in [0.2, 0.25) is 0 Å². The van der Waals surface area contributed by atoms with Crippen LogP contribution >= 0.6 is 0 Å². The molecule has 0 aliphatic carbocycles. The standard InChI is InChI=1S/C14H23N/c1-4-13(14(15)10-11(2)3)12-8-6-5-7-9-12/h5-9,11,13-14H,4,10,15H2,1-3H3. The fraction of sp³-hybridized carbons (Fsp3) is 0.571. The van der Waals surface area contributed by atoms with Crippen molar-refractivity contribution in [2.75, 3.05) is 0 Å². The molecule has 2 atom stereocenters. The van der Waals surface area contributed by atoms with Crippen molar-refractivity contribution in [1.29, 1.82) is 0 Å². The molecule has 0 saturated carbocycles. The van der Waals surface area contributed by atoms with Gasteiger partial charge in [0.25, 0.3) is 0 Å². The number of benzene rings is 1. The lowest BCUT2D eigenvalue weighted by Crippen LogP contribution is -2.29. The van der Waals surface area contributed by atoms with E-state index in [1.807, 2.05) is 0 Å². The Morgan fingerprint density at radius 1 is 1.13 bits per heavy atom. The van der Waals surface area contributed by atoms with Gasteiger partial charge in [-0.2, -0.15) is 0 Å². The fourth-order valence-electron chi connectivity index (χ4n) is 2.19. The SMILES string of the molecule is CCC(c1ccccc1)C(N)CC(C)C. The molecule has 1 aromatic carbocycles. The molecule has 1 heteroatoms. The summed E-state index contributed by atoms with van der Waals surface area (Å²) in [6, 6.07) is 10.9. The van der Waals surface area contributed by atoms with E-state index in [4.69, 9.17) is 5.73 Å². The molecule has 0 bridgehead atoms. The minimum Gasteiger partial charge on any atom is -0.327 e. The molecule has 0 heterocycles. The molecule has 0 saturated heterocycles. The highest BCUT2D eigenvalue weighted by molar-refractivity contribution is 5.21. The van der Waals surface area contributed by atoms with Gasteiger partial charge >= 0.3 is 0 Å². The Labute approximate surface area is 93.7 Å². The van der Waals surface area contributed by atoms with Crippen LogP contribution in [0, 0.1) is 5.92 Å². The van der Waals surface area contributed by atoms with E-state index in [-0.39, 0.29) is 6.04 Å². The van der Waals surface area contributed by atoms with Gasteiger partial charge in [0, 0.05) is 6.04 Å². The van der Waals surface area contributed by atoms with Gasteiger partial charge in [0.05, 0.1) is 0 Å². The van der Waals surface area contributed by atoms with Crippen molar-refractivity contribution in [1.82, 2.24) is 0 Å². The summed E-state index contributed by atoms with van der Waals surface area (Å²) in [5.41, 5.74) is 7.64. The van der Waals surface area contributed by atoms with Crippen LogP contribution in [0.25, 0.3) is 0 Å². The molecule has 0 aliphatic rings. The average molecular weight is 205 g/mol. The van der Waals surface area contributed by atoms with Crippen molar-refractivity contribution in [3.8, 4) is 0 Å². The number of nitrogens with two attached hydrogens (primary N) is 1. The van der Waals surface area contributed by atoms with Gasteiger partial charge in [-0.1, -0.05) is 51.1 Å². The van der Waals surface area contributed by atoms with Crippen LogP contribution in [0.3, 0.4) is 0 Å². The summed E-state index contributed by atoms with van der Waals surface area (Å²) in [6.45, 7) is 6.69. The van der Waals surface area contributed by atoms with Gasteiger partial charge in [-0.3, -0.25) is 0 Å². The summed E-state index contributed by atoms with van der Waals surface area (Å²) in [4.78, 5) is 0. The molecular weight excluding hydrogens is 182 g/mol. The summed E-state index contributed by atoms with van der Waals surface area (Å²) in [6.07, 6.45) is 2.23. The third kappa shape index (κ3) is 3.67. The highest BCUT2D eigenvalue weighted by Gasteiger charge is 2.18. The molecule has 1 rings (SSSR count). The molecule has 2 unspecified atom stereocenters. The molecule has 0 aliphatic heterocycles.